The van der Waals surface area contributed by atoms with Crippen molar-refractivity contribution < 1.29 is 37.4 Å². The zero-order chi connectivity index (χ0) is 34.0. The number of benzene rings is 2. The lowest BCUT2D eigenvalue weighted by Gasteiger charge is -2.39. The van der Waals surface area contributed by atoms with Gasteiger partial charge in [-0.05, 0) is 87.4 Å². The van der Waals surface area contributed by atoms with E-state index in [1.165, 1.54) is 4.90 Å². The van der Waals surface area contributed by atoms with Crippen LogP contribution in [0.2, 0.25) is 5.02 Å². The molecule has 260 valence electrons. The number of nitrogens with one attached hydrogen (secondary N) is 1. The molecule has 0 bridgehead atoms. The van der Waals surface area contributed by atoms with Crippen molar-refractivity contribution in [3.63, 3.8) is 0 Å². The smallest absolute Gasteiger partial charge is 0.420 e. The number of aromatic hydroxyl groups is 1. The number of ether oxygens (including phenoxy) is 1. The average molecular weight is 692 g/mol. The number of carbonyl (C=O) groups is 3. The molecule has 14 heteroatoms. The Hall–Kier alpha value is -3.71. The molecule has 0 spiro atoms. The first-order chi connectivity index (χ1) is 23.0. The second kappa shape index (κ2) is 14.4. The molecule has 10 nitrogen and oxygen atoms in total. The Kier molecular flexibility index (Phi) is 10.3. The van der Waals surface area contributed by atoms with Gasteiger partial charge in [0.25, 0.3) is 5.91 Å². The van der Waals surface area contributed by atoms with Gasteiger partial charge in [0.2, 0.25) is 0 Å². The van der Waals surface area contributed by atoms with Gasteiger partial charge in [0.15, 0.2) is 6.10 Å². The number of hydrogen-bond acceptors (Lipinski definition) is 6. The van der Waals surface area contributed by atoms with Gasteiger partial charge < -0.3 is 34.8 Å². The molecule has 4 aliphatic heterocycles. The summed E-state index contributed by atoms with van der Waals surface area (Å²) in [6.45, 7) is 4.08. The van der Waals surface area contributed by atoms with Crippen molar-refractivity contribution in [2.24, 2.45) is 0 Å². The van der Waals surface area contributed by atoms with E-state index in [1.807, 2.05) is 24.3 Å². The Morgan fingerprint density at radius 2 is 1.58 bits per heavy atom. The van der Waals surface area contributed by atoms with E-state index in [-0.39, 0.29) is 37.1 Å². The van der Waals surface area contributed by atoms with Crippen LogP contribution in [-0.2, 0) is 28.5 Å². The molecule has 48 heavy (non-hydrogen) atoms. The average Bonchev–Trinajstić information content (AvgIpc) is 3.56. The van der Waals surface area contributed by atoms with Crippen LogP contribution in [0.5, 0.6) is 5.75 Å². The highest BCUT2D eigenvalue weighted by atomic mass is 35.5. The van der Waals surface area contributed by atoms with Crippen molar-refractivity contribution in [2.45, 2.75) is 75.7 Å². The van der Waals surface area contributed by atoms with Crippen molar-refractivity contribution >= 4 is 35.3 Å². The molecule has 0 radical (unpaired) electrons. The summed E-state index contributed by atoms with van der Waals surface area (Å²) in [6.07, 6.45) is -1.81. The van der Waals surface area contributed by atoms with Crippen molar-refractivity contribution in [3.05, 3.63) is 58.1 Å². The number of nitrogens with zero attached hydrogens (tertiary/aromatic N) is 4. The van der Waals surface area contributed by atoms with Crippen LogP contribution in [0.4, 0.5) is 28.4 Å². The summed E-state index contributed by atoms with van der Waals surface area (Å²) in [7, 11) is 0. The lowest BCUT2D eigenvalue weighted by Crippen LogP contribution is -2.52. The molecule has 2 N–H and O–H groups in total. The van der Waals surface area contributed by atoms with Gasteiger partial charge in [-0.25, -0.2) is 9.59 Å². The second-order valence-electron chi connectivity index (χ2n) is 13.1. The fourth-order valence-corrected chi connectivity index (χ4v) is 7.68. The number of urea groups is 1. The fraction of sp³-hybridized carbons (Fsp3) is 0.559. The van der Waals surface area contributed by atoms with Gasteiger partial charge in [0, 0.05) is 56.9 Å². The number of alkyl halides is 3. The Morgan fingerprint density at radius 1 is 0.938 bits per heavy atom. The quantitative estimate of drug-likeness (QED) is 0.400. The third kappa shape index (κ3) is 7.62. The molecule has 0 aliphatic carbocycles. The normalized spacial score (nSPS) is 20.7. The lowest BCUT2D eigenvalue weighted by atomic mass is 10.00. The number of halogens is 4. The number of amides is 4. The number of rotatable bonds is 6. The number of carbonyl (C=O) groups excluding carboxylic acids is 3. The number of para-hydroxylation sites is 1. The highest BCUT2D eigenvalue weighted by molar-refractivity contribution is 6.32. The van der Waals surface area contributed by atoms with Gasteiger partial charge >= 0.3 is 18.3 Å². The number of phenolic OH excluding ortho intramolecular Hbond substituents is 1. The predicted octanol–water partition coefficient (Wildman–Crippen LogP) is 5.75. The summed E-state index contributed by atoms with van der Waals surface area (Å²) in [5, 5.41) is 12.4. The molecule has 3 fully saturated rings. The fourth-order valence-electron chi connectivity index (χ4n) is 7.44. The summed E-state index contributed by atoms with van der Waals surface area (Å²) >= 11 is 5.97. The predicted molar refractivity (Wildman–Crippen MR) is 173 cm³/mol. The highest BCUT2D eigenvalue weighted by Gasteiger charge is 2.39. The monoisotopic (exact) mass is 691 g/mol. The molecule has 0 aromatic heterocycles. The van der Waals surface area contributed by atoms with Gasteiger partial charge in [-0.1, -0.05) is 29.8 Å². The van der Waals surface area contributed by atoms with E-state index < -0.39 is 40.6 Å². The topological polar surface area (TPSA) is 106 Å². The molecule has 4 aliphatic rings. The minimum absolute atomic E-state index is 0.00936. The van der Waals surface area contributed by atoms with Gasteiger partial charge in [0.05, 0.1) is 10.6 Å². The van der Waals surface area contributed by atoms with E-state index in [0.29, 0.717) is 44.9 Å². The molecular formula is C34H41ClF3N5O5. The molecule has 4 amide bonds. The minimum Gasteiger partial charge on any atom is -0.506 e. The van der Waals surface area contributed by atoms with Gasteiger partial charge in [-0.2, -0.15) is 13.2 Å². The molecule has 0 unspecified atom stereocenters. The van der Waals surface area contributed by atoms with E-state index >= 15 is 0 Å². The largest absolute Gasteiger partial charge is 0.506 e. The van der Waals surface area contributed by atoms with Crippen molar-refractivity contribution in [1.82, 2.24) is 19.6 Å². The minimum atomic E-state index is -4.88. The number of phenols is 1. The van der Waals surface area contributed by atoms with Crippen LogP contribution in [0.1, 0.15) is 55.2 Å². The van der Waals surface area contributed by atoms with Gasteiger partial charge in [-0.3, -0.25) is 4.79 Å². The number of hydrogen-bond donors (Lipinski definition) is 2. The standard InChI is InChI=1S/C34H41ClF3N5O5/c35-27-20-22(19-26(30(27)44)34(36,37)38)21-29(31(45)41-14-8-24(9-15-41)40-12-3-4-13-40)48-33(47)42-16-10-25(11-17-42)43-18-7-23-5-1-2-6-28(23)39-32(43)46/h1-2,5-6,19-20,24-25,29,44H,3-4,7-18,21H2,(H,39,46)/t29-/m1/s1. The Morgan fingerprint density at radius 3 is 2.27 bits per heavy atom. The van der Waals surface area contributed by atoms with Crippen LogP contribution >= 0.6 is 11.6 Å². The number of piperidine rings is 2. The molecule has 2 aromatic carbocycles. The van der Waals surface area contributed by atoms with Crippen molar-refractivity contribution in [1.29, 1.82) is 0 Å². The first-order valence-corrected chi connectivity index (χ1v) is 17.1. The van der Waals surface area contributed by atoms with Crippen LogP contribution in [0.25, 0.3) is 0 Å². The van der Waals surface area contributed by atoms with E-state index in [2.05, 4.69) is 10.2 Å². The first-order valence-electron chi connectivity index (χ1n) is 16.7. The van der Waals surface area contributed by atoms with Gasteiger partial charge in [0.1, 0.15) is 5.75 Å². The summed E-state index contributed by atoms with van der Waals surface area (Å²) in [6, 6.07) is 9.65. The number of fused-ring (bicyclic) bond motifs is 1. The summed E-state index contributed by atoms with van der Waals surface area (Å²) in [5.41, 5.74) is 0.536. The van der Waals surface area contributed by atoms with E-state index in [0.717, 1.165) is 62.2 Å². The maximum absolute atomic E-state index is 13.9. The van der Waals surface area contributed by atoms with Crippen LogP contribution in [0.3, 0.4) is 0 Å². The number of anilines is 1. The van der Waals surface area contributed by atoms with Crippen LogP contribution in [0.15, 0.2) is 36.4 Å². The zero-order valence-electron chi connectivity index (χ0n) is 26.7. The van der Waals surface area contributed by atoms with E-state index in [9.17, 15) is 32.7 Å². The third-order valence-corrected chi connectivity index (χ3v) is 10.4. The van der Waals surface area contributed by atoms with E-state index in [4.69, 9.17) is 16.3 Å². The Balaban J connectivity index is 1.12. The zero-order valence-corrected chi connectivity index (χ0v) is 27.4. The summed E-state index contributed by atoms with van der Waals surface area (Å²) < 4.78 is 46.8. The van der Waals surface area contributed by atoms with E-state index in [1.54, 1.807) is 9.80 Å². The van der Waals surface area contributed by atoms with Crippen LogP contribution < -0.4 is 5.32 Å². The Bertz CT molecular complexity index is 1500. The maximum Gasteiger partial charge on any atom is 0.420 e. The molecule has 3 saturated heterocycles. The third-order valence-electron chi connectivity index (χ3n) is 10.1. The summed E-state index contributed by atoms with van der Waals surface area (Å²) in [4.78, 5) is 47.7. The van der Waals surface area contributed by atoms with Crippen molar-refractivity contribution in [3.8, 4) is 5.75 Å². The van der Waals surface area contributed by atoms with Gasteiger partial charge in [-0.15, -0.1) is 0 Å². The van der Waals surface area contributed by atoms with Crippen LogP contribution in [0, 0.1) is 0 Å². The lowest BCUT2D eigenvalue weighted by molar-refractivity contribution is -0.142. The number of likely N-dealkylation sites (tertiary alicyclic amines) is 3. The summed E-state index contributed by atoms with van der Waals surface area (Å²) in [5.74, 6) is -1.57. The molecule has 1 atom stereocenters. The molecular weight excluding hydrogens is 651 g/mol. The molecule has 2 aromatic rings. The Labute approximate surface area is 282 Å². The molecule has 0 saturated carbocycles. The van der Waals surface area contributed by atoms with Crippen molar-refractivity contribution in [2.75, 3.05) is 51.1 Å². The SMILES string of the molecule is O=C(O[C@H](Cc1cc(Cl)c(O)c(C(F)(F)F)c1)C(=O)N1CCC(N2CCCC2)CC1)N1CCC(N2CCc3ccccc3NC2=O)CC1. The molecule has 6 rings (SSSR count). The van der Waals surface area contributed by atoms with Crippen LogP contribution in [-0.4, -0.2) is 107 Å². The maximum atomic E-state index is 13.9. The highest BCUT2D eigenvalue weighted by Crippen LogP contribution is 2.40. The molecule has 4 heterocycles. The first kappa shape index (κ1) is 34.2. The second-order valence-corrected chi connectivity index (χ2v) is 13.5.